The van der Waals surface area contributed by atoms with Gasteiger partial charge < -0.3 is 9.47 Å². The molecule has 0 rings (SSSR count). The quantitative estimate of drug-likeness (QED) is 0.158. The second-order valence-electron chi connectivity index (χ2n) is 7.31. The van der Waals surface area contributed by atoms with E-state index in [1.807, 2.05) is 0 Å². The van der Waals surface area contributed by atoms with Crippen LogP contribution in [0, 0.1) is 0 Å². The lowest BCUT2D eigenvalue weighted by atomic mass is 9.94. The minimum atomic E-state index is -4.85. The van der Waals surface area contributed by atoms with Gasteiger partial charge in [0.2, 0.25) is 0 Å². The highest BCUT2D eigenvalue weighted by Crippen LogP contribution is 2.25. The fourth-order valence-corrected chi connectivity index (χ4v) is 1.47. The highest BCUT2D eigenvalue weighted by molar-refractivity contribution is 6.29. The summed E-state index contributed by atoms with van der Waals surface area (Å²) in [6.45, 7) is 1.38. The van der Waals surface area contributed by atoms with Gasteiger partial charge in [0.1, 0.15) is 11.2 Å². The van der Waals surface area contributed by atoms with Gasteiger partial charge in [0, 0.05) is 0 Å². The Kier molecular flexibility index (Phi) is 10.4. The molecule has 0 spiro atoms. The van der Waals surface area contributed by atoms with Gasteiger partial charge in [0.15, 0.2) is 13.2 Å². The van der Waals surface area contributed by atoms with Crippen LogP contribution in [-0.4, -0.2) is 60.6 Å². The van der Waals surface area contributed by atoms with Crippen LogP contribution in [0.1, 0.15) is 40.5 Å². The Morgan fingerprint density at radius 2 is 0.844 bits per heavy atom. The molecule has 186 valence electrons. The summed E-state index contributed by atoms with van der Waals surface area (Å²) in [5, 5.41) is 0. The summed E-state index contributed by atoms with van der Waals surface area (Å²) in [6.07, 6.45) is -9.78. The predicted octanol–water partition coefficient (Wildman–Crippen LogP) is 2.48. The Morgan fingerprint density at radius 1 is 0.562 bits per heavy atom. The van der Waals surface area contributed by atoms with Gasteiger partial charge in [-0.25, -0.2) is 19.2 Å². The van der Waals surface area contributed by atoms with E-state index in [0.29, 0.717) is 0 Å². The molecule has 0 aromatic rings. The molecule has 0 radical (unpaired) electrons. The normalized spacial score (nSPS) is 12.7. The Hall–Kier alpha value is -2.62. The summed E-state index contributed by atoms with van der Waals surface area (Å²) in [5.74, 6) is -7.56. The van der Waals surface area contributed by atoms with Crippen LogP contribution in [0.25, 0.3) is 0 Å². The number of hydrogen-bond acceptors (Lipinski definition) is 10. The Morgan fingerprint density at radius 3 is 1.09 bits per heavy atom. The van der Waals surface area contributed by atoms with Gasteiger partial charge in [-0.3, -0.25) is 9.78 Å². The largest absolute Gasteiger partial charge is 0.449 e. The van der Waals surface area contributed by atoms with Crippen LogP contribution in [-0.2, 0) is 48.2 Å². The van der Waals surface area contributed by atoms with E-state index in [-0.39, 0.29) is 12.8 Å². The van der Waals surface area contributed by atoms with Gasteiger partial charge in [0.25, 0.3) is 0 Å². The zero-order valence-electron chi connectivity index (χ0n) is 17.2. The van der Waals surface area contributed by atoms with E-state index in [4.69, 9.17) is 9.78 Å². The lowest BCUT2D eigenvalue weighted by Crippen LogP contribution is -2.35. The van der Waals surface area contributed by atoms with E-state index in [1.165, 1.54) is 27.7 Å². The molecule has 0 aromatic carbocycles. The molecule has 16 heteroatoms. The first-order valence-corrected chi connectivity index (χ1v) is 8.50. The minimum Gasteiger partial charge on any atom is -0.448 e. The van der Waals surface area contributed by atoms with Gasteiger partial charge in [0.05, 0.1) is 0 Å². The molecule has 0 aromatic heterocycles. The first kappa shape index (κ1) is 29.4. The lowest BCUT2D eigenvalue weighted by Gasteiger charge is -2.28. The second kappa shape index (κ2) is 11.3. The second-order valence-corrected chi connectivity index (χ2v) is 7.31. The molecule has 10 nitrogen and oxygen atoms in total. The molecule has 0 unspecified atom stereocenters. The number of rotatable bonds is 9. The van der Waals surface area contributed by atoms with Crippen LogP contribution in [0.15, 0.2) is 0 Å². The number of alkyl halides is 6. The van der Waals surface area contributed by atoms with Crippen molar-refractivity contribution in [3.05, 3.63) is 0 Å². The predicted molar refractivity (Wildman–Crippen MR) is 85.8 cm³/mol. The number of ether oxygens (including phenoxy) is 2. The van der Waals surface area contributed by atoms with Crippen molar-refractivity contribution in [3.8, 4) is 0 Å². The van der Waals surface area contributed by atoms with Gasteiger partial charge in [-0.1, -0.05) is 0 Å². The molecular weight excluding hydrogens is 466 g/mol. The van der Waals surface area contributed by atoms with E-state index in [2.05, 4.69) is 19.2 Å². The maximum Gasteiger partial charge on any atom is 0.449 e. The summed E-state index contributed by atoms with van der Waals surface area (Å²) < 4.78 is 78.9. The third kappa shape index (κ3) is 14.4. The van der Waals surface area contributed by atoms with Gasteiger partial charge in [-0.05, 0) is 40.5 Å². The number of carbonyl (C=O) groups excluding carboxylic acids is 4. The van der Waals surface area contributed by atoms with Crippen LogP contribution in [0.3, 0.4) is 0 Å². The average molecular weight is 486 g/mol. The molecule has 0 saturated carbocycles. The molecule has 0 N–H and O–H groups in total. The number of esters is 2. The fourth-order valence-electron chi connectivity index (χ4n) is 1.47. The third-order valence-electron chi connectivity index (χ3n) is 3.08. The van der Waals surface area contributed by atoms with Crippen LogP contribution in [0.2, 0.25) is 0 Å². The van der Waals surface area contributed by atoms with E-state index in [9.17, 15) is 45.5 Å². The SMILES string of the molecule is CC(C)(CCC(C)(C)OOC(=O)C(=O)OCC(F)(F)F)OOC(=O)C(=O)OCC(F)(F)F. The molecule has 0 amide bonds. The molecule has 0 aliphatic rings. The molecule has 0 aliphatic heterocycles. The monoisotopic (exact) mass is 486 g/mol. The van der Waals surface area contributed by atoms with E-state index >= 15 is 0 Å². The maximum absolute atomic E-state index is 11.9. The zero-order chi connectivity index (χ0) is 25.4. The van der Waals surface area contributed by atoms with Crippen molar-refractivity contribution >= 4 is 23.9 Å². The topological polar surface area (TPSA) is 124 Å². The zero-order valence-corrected chi connectivity index (χ0v) is 17.2. The Bertz CT molecular complexity index is 626. The van der Waals surface area contributed by atoms with Crippen molar-refractivity contribution in [2.45, 2.75) is 64.1 Å². The summed E-state index contributed by atoms with van der Waals surface area (Å²) in [4.78, 5) is 62.4. The molecule has 0 saturated heterocycles. The highest BCUT2D eigenvalue weighted by atomic mass is 19.4. The minimum absolute atomic E-state index is 0.0407. The van der Waals surface area contributed by atoms with Crippen molar-refractivity contribution in [1.29, 1.82) is 0 Å². The molecule has 0 bridgehead atoms. The van der Waals surface area contributed by atoms with Gasteiger partial charge in [-0.2, -0.15) is 36.1 Å². The fraction of sp³-hybridized carbons (Fsp3) is 0.750. The summed E-state index contributed by atoms with van der Waals surface area (Å²) in [5.41, 5.74) is -2.67. The maximum atomic E-state index is 11.9. The van der Waals surface area contributed by atoms with Crippen LogP contribution in [0.4, 0.5) is 26.3 Å². The number of carbonyl (C=O) groups is 4. The van der Waals surface area contributed by atoms with E-state index < -0.39 is 60.6 Å². The highest BCUT2D eigenvalue weighted by Gasteiger charge is 2.35. The molecular formula is C16H20F6O10. The molecule has 32 heavy (non-hydrogen) atoms. The number of hydrogen-bond donors (Lipinski definition) is 0. The number of halogens is 6. The molecule has 0 atom stereocenters. The Labute approximate surface area is 176 Å². The smallest absolute Gasteiger partial charge is 0.448 e. The molecule has 0 heterocycles. The van der Waals surface area contributed by atoms with Crippen LogP contribution >= 0.6 is 0 Å². The van der Waals surface area contributed by atoms with E-state index in [1.54, 1.807) is 0 Å². The van der Waals surface area contributed by atoms with Gasteiger partial charge >= 0.3 is 36.2 Å². The van der Waals surface area contributed by atoms with Crippen molar-refractivity contribution < 1.29 is 74.5 Å². The summed E-state index contributed by atoms with van der Waals surface area (Å²) >= 11 is 0. The summed E-state index contributed by atoms with van der Waals surface area (Å²) in [6, 6.07) is 0. The van der Waals surface area contributed by atoms with Crippen LogP contribution in [0.5, 0.6) is 0 Å². The van der Waals surface area contributed by atoms with Crippen LogP contribution < -0.4 is 0 Å². The first-order chi connectivity index (χ1) is 14.2. The third-order valence-corrected chi connectivity index (χ3v) is 3.08. The average Bonchev–Trinajstić information content (AvgIpc) is 2.64. The lowest BCUT2D eigenvalue weighted by molar-refractivity contribution is -0.339. The van der Waals surface area contributed by atoms with Crippen molar-refractivity contribution in [1.82, 2.24) is 0 Å². The standard InChI is InChI=1S/C16H20F6O10/c1-13(2,31-29-11(25)9(23)27-7-15(17,18)19)5-6-14(3,4)32-30-12(26)10(24)28-8-16(20,21)22/h5-8H2,1-4H3. The van der Waals surface area contributed by atoms with Gasteiger partial charge in [-0.15, -0.1) is 0 Å². The molecule has 0 aliphatic carbocycles. The molecule has 0 fully saturated rings. The first-order valence-electron chi connectivity index (χ1n) is 8.50. The Balaban J connectivity index is 4.45. The van der Waals surface area contributed by atoms with Crippen molar-refractivity contribution in [2.24, 2.45) is 0 Å². The van der Waals surface area contributed by atoms with E-state index in [0.717, 1.165) is 0 Å². The summed E-state index contributed by atoms with van der Waals surface area (Å²) in [7, 11) is 0. The van der Waals surface area contributed by atoms with Crippen molar-refractivity contribution in [2.75, 3.05) is 13.2 Å². The van der Waals surface area contributed by atoms with Crippen molar-refractivity contribution in [3.63, 3.8) is 0 Å².